The average molecular weight is 307 g/mol. The van der Waals surface area contributed by atoms with Crippen LogP contribution >= 0.6 is 11.3 Å². The summed E-state index contributed by atoms with van der Waals surface area (Å²) in [6.07, 6.45) is 10.8. The van der Waals surface area contributed by atoms with Crippen molar-refractivity contribution in [2.75, 3.05) is 6.54 Å². The van der Waals surface area contributed by atoms with Crippen LogP contribution in [0.4, 0.5) is 0 Å². The average Bonchev–Trinajstić information content (AvgIpc) is 2.66. The molecule has 0 spiro atoms. The molecule has 3 heteroatoms. The van der Waals surface area contributed by atoms with Gasteiger partial charge in [0.05, 0.1) is 10.7 Å². The van der Waals surface area contributed by atoms with Crippen LogP contribution in [0, 0.1) is 5.41 Å². The largest absolute Gasteiger partial charge is 0.309 e. The first-order valence-electron chi connectivity index (χ1n) is 8.82. The number of nitrogens with one attached hydrogen (secondary N) is 1. The van der Waals surface area contributed by atoms with E-state index in [0.29, 0.717) is 11.5 Å². The highest BCUT2D eigenvalue weighted by atomic mass is 32.1. The second-order valence-electron chi connectivity index (χ2n) is 7.71. The Bertz CT molecular complexity index is 470. The number of hydrogen-bond acceptors (Lipinski definition) is 3. The lowest BCUT2D eigenvalue weighted by Gasteiger charge is -2.34. The molecular weight excluding hydrogens is 276 g/mol. The van der Waals surface area contributed by atoms with Crippen molar-refractivity contribution < 1.29 is 0 Å². The molecule has 3 rings (SSSR count). The van der Waals surface area contributed by atoms with Crippen molar-refractivity contribution in [2.24, 2.45) is 5.41 Å². The molecule has 1 N–H and O–H groups in total. The highest BCUT2D eigenvalue weighted by Crippen LogP contribution is 2.45. The molecule has 0 radical (unpaired) electrons. The maximum absolute atomic E-state index is 5.12. The van der Waals surface area contributed by atoms with Gasteiger partial charge >= 0.3 is 0 Å². The van der Waals surface area contributed by atoms with Crippen molar-refractivity contribution in [3.05, 3.63) is 15.6 Å². The highest BCUT2D eigenvalue weighted by molar-refractivity contribution is 7.12. The van der Waals surface area contributed by atoms with E-state index in [9.17, 15) is 0 Å². The summed E-state index contributed by atoms with van der Waals surface area (Å²) in [7, 11) is 0. The summed E-state index contributed by atoms with van der Waals surface area (Å²) in [5, 5.41) is 5.14. The molecule has 21 heavy (non-hydrogen) atoms. The Morgan fingerprint density at radius 3 is 2.57 bits per heavy atom. The van der Waals surface area contributed by atoms with E-state index in [1.807, 2.05) is 11.3 Å². The number of fused-ring (bicyclic) bond motifs is 1. The molecular formula is C18H30N2S. The molecule has 0 amide bonds. The maximum atomic E-state index is 5.12. The standard InChI is InChI=1S/C18H30N2S/c1-4-19-14-11-18(2,3)12-15-16(14)21-17(20-15)13-9-7-5-6-8-10-13/h13-14,19H,4-12H2,1-3H3. The minimum Gasteiger partial charge on any atom is -0.309 e. The van der Waals surface area contributed by atoms with Gasteiger partial charge in [0.15, 0.2) is 0 Å². The molecule has 1 heterocycles. The third kappa shape index (κ3) is 3.50. The lowest BCUT2D eigenvalue weighted by atomic mass is 9.76. The Labute approximate surface area is 133 Å². The summed E-state index contributed by atoms with van der Waals surface area (Å²) in [6, 6.07) is 0.533. The molecule has 2 aliphatic carbocycles. The second-order valence-corrected chi connectivity index (χ2v) is 8.77. The van der Waals surface area contributed by atoms with Crippen LogP contribution in [0.15, 0.2) is 0 Å². The fourth-order valence-corrected chi connectivity index (χ4v) is 5.39. The molecule has 1 unspecified atom stereocenters. The van der Waals surface area contributed by atoms with Crippen LogP contribution in [-0.2, 0) is 6.42 Å². The fourth-order valence-electron chi connectivity index (χ4n) is 4.06. The third-order valence-corrected chi connectivity index (χ3v) is 6.49. The predicted octanol–water partition coefficient (Wildman–Crippen LogP) is 5.20. The van der Waals surface area contributed by atoms with Crippen molar-refractivity contribution in [1.29, 1.82) is 0 Å². The summed E-state index contributed by atoms with van der Waals surface area (Å²) in [6.45, 7) is 8.06. The Morgan fingerprint density at radius 2 is 1.90 bits per heavy atom. The Morgan fingerprint density at radius 1 is 1.19 bits per heavy atom. The maximum Gasteiger partial charge on any atom is 0.0962 e. The van der Waals surface area contributed by atoms with Crippen LogP contribution in [-0.4, -0.2) is 11.5 Å². The summed E-state index contributed by atoms with van der Waals surface area (Å²) in [5.41, 5.74) is 1.79. The predicted molar refractivity (Wildman–Crippen MR) is 91.1 cm³/mol. The van der Waals surface area contributed by atoms with Gasteiger partial charge < -0.3 is 5.32 Å². The molecule has 118 valence electrons. The van der Waals surface area contributed by atoms with Crippen LogP contribution in [0.1, 0.15) is 93.3 Å². The van der Waals surface area contributed by atoms with Crippen LogP contribution in [0.2, 0.25) is 0 Å². The van der Waals surface area contributed by atoms with Gasteiger partial charge in [-0.2, -0.15) is 0 Å². The van der Waals surface area contributed by atoms with Crippen LogP contribution in [0.5, 0.6) is 0 Å². The summed E-state index contributed by atoms with van der Waals surface area (Å²) in [4.78, 5) is 6.67. The first-order chi connectivity index (χ1) is 10.1. The Kier molecular flexibility index (Phi) is 4.70. The monoisotopic (exact) mass is 306 g/mol. The molecule has 1 aromatic heterocycles. The molecule has 0 saturated heterocycles. The van der Waals surface area contributed by atoms with Gasteiger partial charge in [-0.1, -0.05) is 46.5 Å². The van der Waals surface area contributed by atoms with E-state index in [1.165, 1.54) is 55.6 Å². The first kappa shape index (κ1) is 15.5. The van der Waals surface area contributed by atoms with Gasteiger partial charge in [-0.25, -0.2) is 4.98 Å². The van der Waals surface area contributed by atoms with E-state index in [-0.39, 0.29) is 0 Å². The van der Waals surface area contributed by atoms with Crippen LogP contribution < -0.4 is 5.32 Å². The topological polar surface area (TPSA) is 24.9 Å². The number of thiazole rings is 1. The minimum absolute atomic E-state index is 0.384. The third-order valence-electron chi connectivity index (χ3n) is 5.12. The number of hydrogen-bond donors (Lipinski definition) is 1. The summed E-state index contributed by atoms with van der Waals surface area (Å²) >= 11 is 2.03. The van der Waals surface area contributed by atoms with Crippen LogP contribution in [0.25, 0.3) is 0 Å². The molecule has 1 atom stereocenters. The molecule has 0 aromatic carbocycles. The van der Waals surface area contributed by atoms with Gasteiger partial charge in [-0.15, -0.1) is 11.3 Å². The smallest absolute Gasteiger partial charge is 0.0962 e. The van der Waals surface area contributed by atoms with Crippen LogP contribution in [0.3, 0.4) is 0 Å². The van der Waals surface area contributed by atoms with E-state index >= 15 is 0 Å². The van der Waals surface area contributed by atoms with Gasteiger partial charge in [-0.05, 0) is 37.6 Å². The van der Waals surface area contributed by atoms with E-state index in [4.69, 9.17) is 4.98 Å². The zero-order valence-electron chi connectivity index (χ0n) is 13.9. The summed E-state index contributed by atoms with van der Waals surface area (Å²) < 4.78 is 0. The number of rotatable bonds is 3. The highest BCUT2D eigenvalue weighted by Gasteiger charge is 2.35. The van der Waals surface area contributed by atoms with Crippen molar-refractivity contribution >= 4 is 11.3 Å². The van der Waals surface area contributed by atoms with Crippen molar-refractivity contribution in [2.45, 2.75) is 84.1 Å². The summed E-state index contributed by atoms with van der Waals surface area (Å²) in [5.74, 6) is 0.744. The normalized spacial score (nSPS) is 26.3. The first-order valence-corrected chi connectivity index (χ1v) is 9.63. The van der Waals surface area contributed by atoms with Crippen molar-refractivity contribution in [1.82, 2.24) is 10.3 Å². The molecule has 2 aliphatic rings. The lowest BCUT2D eigenvalue weighted by molar-refractivity contribution is 0.260. The van der Waals surface area contributed by atoms with Gasteiger partial charge in [0.2, 0.25) is 0 Å². The Hall–Kier alpha value is -0.410. The quantitative estimate of drug-likeness (QED) is 0.776. The van der Waals surface area contributed by atoms with Crippen molar-refractivity contribution in [3.63, 3.8) is 0 Å². The van der Waals surface area contributed by atoms with E-state index in [1.54, 1.807) is 4.88 Å². The number of nitrogens with zero attached hydrogens (tertiary/aromatic N) is 1. The zero-order chi connectivity index (χ0) is 14.9. The van der Waals surface area contributed by atoms with Gasteiger partial charge in [0, 0.05) is 16.8 Å². The molecule has 0 bridgehead atoms. The zero-order valence-corrected chi connectivity index (χ0v) is 14.7. The number of aromatic nitrogens is 1. The molecule has 1 fully saturated rings. The Balaban J connectivity index is 1.86. The van der Waals surface area contributed by atoms with E-state index in [2.05, 4.69) is 26.1 Å². The lowest BCUT2D eigenvalue weighted by Crippen LogP contribution is -2.32. The minimum atomic E-state index is 0.384. The molecule has 2 nitrogen and oxygen atoms in total. The van der Waals surface area contributed by atoms with Crippen molar-refractivity contribution in [3.8, 4) is 0 Å². The SMILES string of the molecule is CCNC1CC(C)(C)Cc2nc(C3CCCCCC3)sc21. The fraction of sp³-hybridized carbons (Fsp3) is 0.833. The van der Waals surface area contributed by atoms with Gasteiger partial charge in [-0.3, -0.25) is 0 Å². The van der Waals surface area contributed by atoms with Gasteiger partial charge in [0.1, 0.15) is 0 Å². The molecule has 1 saturated carbocycles. The van der Waals surface area contributed by atoms with Gasteiger partial charge in [0.25, 0.3) is 0 Å². The molecule has 1 aromatic rings. The van der Waals surface area contributed by atoms with E-state index < -0.39 is 0 Å². The van der Waals surface area contributed by atoms with E-state index in [0.717, 1.165) is 18.9 Å². The second kappa shape index (κ2) is 6.37. The molecule has 0 aliphatic heterocycles.